The summed E-state index contributed by atoms with van der Waals surface area (Å²) in [4.78, 5) is 19.5. The van der Waals surface area contributed by atoms with Gasteiger partial charge in [0.2, 0.25) is 0 Å². The molecule has 0 amide bonds. The Labute approximate surface area is 333 Å². The molecule has 0 spiro atoms. The number of aliphatic carboxylic acids is 1. The molecule has 0 fully saturated rings. The molecule has 6 rings (SSSR count). The van der Waals surface area contributed by atoms with E-state index in [1.807, 2.05) is 38.1 Å². The first-order chi connectivity index (χ1) is 26.5. The maximum absolute atomic E-state index is 16.1. The topological polar surface area (TPSA) is 136 Å². The third-order valence-corrected chi connectivity index (χ3v) is 12.2. The number of nitrogens with zero attached hydrogens (tertiary/aromatic N) is 2. The average Bonchev–Trinajstić information content (AvgIpc) is 3.82. The highest BCUT2D eigenvalue weighted by Gasteiger charge is 2.32. The van der Waals surface area contributed by atoms with Gasteiger partial charge in [-0.15, -0.1) is 0 Å². The van der Waals surface area contributed by atoms with Crippen molar-refractivity contribution in [3.8, 4) is 22.9 Å². The lowest BCUT2D eigenvalue weighted by Crippen LogP contribution is -2.30. The number of fused-ring (bicyclic) bond motifs is 1. The standard InChI is InChI=1S/C42H43BrF2N4O6S/c1-26-10-13-30(14-11-26)56(52,53)49-18-16-31-33(23-46-5)38(35(45)22-36(31)49)55-29-12-15-34(44)32(21-29)39-47-24-37(48-39)42(4,27-8-6-9-28(43)20-27)17-7-19-54-25-41(2,3)40(50)51/h6,8-16,18,20-22,24,46H,7,17,19,23,25H2,1-5H3,(H,47,48)(H,50,51). The van der Waals surface area contributed by atoms with Gasteiger partial charge in [0, 0.05) is 58.1 Å². The molecule has 3 N–H and O–H groups in total. The fourth-order valence-electron chi connectivity index (χ4n) is 6.56. The second-order valence-corrected chi connectivity index (χ2v) is 17.4. The number of carboxylic acid groups (broad SMARTS) is 1. The van der Waals surface area contributed by atoms with Crippen molar-refractivity contribution in [2.45, 2.75) is 57.4 Å². The number of hydrogen-bond acceptors (Lipinski definition) is 7. The molecule has 1 atom stereocenters. The Bertz CT molecular complexity index is 2500. The fourth-order valence-corrected chi connectivity index (χ4v) is 8.30. The molecule has 0 aliphatic rings. The Morgan fingerprint density at radius 3 is 2.46 bits per heavy atom. The minimum Gasteiger partial charge on any atom is -0.481 e. The summed E-state index contributed by atoms with van der Waals surface area (Å²) < 4.78 is 72.7. The second-order valence-electron chi connectivity index (χ2n) is 14.6. The first-order valence-electron chi connectivity index (χ1n) is 17.9. The SMILES string of the molecule is CNCc1c(Oc2ccc(F)c(-c3ncc(C(C)(CCCOCC(C)(C)C(=O)O)c4cccc(Br)c4)[nH]3)c2)c(F)cc2c1ccn2S(=O)(=O)c1ccc(C)cc1. The van der Waals surface area contributed by atoms with E-state index >= 15 is 8.78 Å². The number of hydrogen-bond donors (Lipinski definition) is 3. The highest BCUT2D eigenvalue weighted by molar-refractivity contribution is 9.10. The number of rotatable bonds is 16. The third kappa shape index (κ3) is 8.29. The molecule has 6 aromatic rings. The van der Waals surface area contributed by atoms with E-state index in [1.165, 1.54) is 36.5 Å². The molecule has 0 saturated heterocycles. The molecule has 0 bridgehead atoms. The molecule has 4 aromatic carbocycles. The van der Waals surface area contributed by atoms with Crippen molar-refractivity contribution in [2.75, 3.05) is 20.3 Å². The average molecular weight is 850 g/mol. The predicted octanol–water partition coefficient (Wildman–Crippen LogP) is 9.34. The fraction of sp³-hybridized carbons (Fsp3) is 0.286. The van der Waals surface area contributed by atoms with Crippen molar-refractivity contribution < 1.29 is 36.6 Å². The number of ether oxygens (including phenoxy) is 2. The van der Waals surface area contributed by atoms with Crippen LogP contribution in [0.3, 0.4) is 0 Å². The van der Waals surface area contributed by atoms with Crippen LogP contribution in [-0.4, -0.2) is 53.7 Å². The van der Waals surface area contributed by atoms with Crippen LogP contribution in [0.15, 0.2) is 101 Å². The van der Waals surface area contributed by atoms with Crippen LogP contribution in [0.4, 0.5) is 8.78 Å². The maximum atomic E-state index is 16.1. The van der Waals surface area contributed by atoms with Gasteiger partial charge in [-0.3, -0.25) is 4.79 Å². The smallest absolute Gasteiger partial charge is 0.311 e. The molecule has 294 valence electrons. The van der Waals surface area contributed by atoms with Gasteiger partial charge in [-0.2, -0.15) is 0 Å². The summed E-state index contributed by atoms with van der Waals surface area (Å²) in [6, 6.07) is 21.0. The van der Waals surface area contributed by atoms with Gasteiger partial charge in [-0.25, -0.2) is 26.2 Å². The number of aromatic amines is 1. The van der Waals surface area contributed by atoms with Gasteiger partial charge in [-0.05, 0) is 102 Å². The number of carbonyl (C=O) groups is 1. The van der Waals surface area contributed by atoms with Gasteiger partial charge in [-0.1, -0.05) is 45.8 Å². The Hall–Kier alpha value is -4.89. The molecule has 56 heavy (non-hydrogen) atoms. The first-order valence-corrected chi connectivity index (χ1v) is 20.2. The van der Waals surface area contributed by atoms with E-state index < -0.39 is 38.5 Å². The van der Waals surface area contributed by atoms with Crippen molar-refractivity contribution in [1.82, 2.24) is 19.3 Å². The van der Waals surface area contributed by atoms with Crippen molar-refractivity contribution in [3.05, 3.63) is 130 Å². The van der Waals surface area contributed by atoms with Crippen molar-refractivity contribution in [2.24, 2.45) is 5.41 Å². The molecule has 2 heterocycles. The van der Waals surface area contributed by atoms with Gasteiger partial charge in [0.05, 0.1) is 28.0 Å². The van der Waals surface area contributed by atoms with E-state index in [-0.39, 0.29) is 46.5 Å². The van der Waals surface area contributed by atoms with Crippen LogP contribution in [0.1, 0.15) is 56.0 Å². The second kappa shape index (κ2) is 16.3. The van der Waals surface area contributed by atoms with Crippen molar-refractivity contribution in [3.63, 3.8) is 0 Å². The van der Waals surface area contributed by atoms with Gasteiger partial charge in [0.15, 0.2) is 11.6 Å². The Morgan fingerprint density at radius 2 is 1.77 bits per heavy atom. The number of carboxylic acids is 1. The van der Waals surface area contributed by atoms with Gasteiger partial charge < -0.3 is 24.9 Å². The summed E-state index contributed by atoms with van der Waals surface area (Å²) in [5.41, 5.74) is 1.55. The molecule has 0 radical (unpaired) electrons. The van der Waals surface area contributed by atoms with Crippen LogP contribution in [0.5, 0.6) is 11.5 Å². The van der Waals surface area contributed by atoms with E-state index in [4.69, 9.17) is 9.47 Å². The Morgan fingerprint density at radius 1 is 1.02 bits per heavy atom. The summed E-state index contributed by atoms with van der Waals surface area (Å²) in [6.45, 7) is 7.68. The molecule has 0 aliphatic carbocycles. The van der Waals surface area contributed by atoms with Crippen LogP contribution < -0.4 is 10.1 Å². The van der Waals surface area contributed by atoms with Crippen molar-refractivity contribution in [1.29, 1.82) is 0 Å². The lowest BCUT2D eigenvalue weighted by atomic mass is 9.76. The Balaban J connectivity index is 1.31. The van der Waals surface area contributed by atoms with Crippen molar-refractivity contribution >= 4 is 42.8 Å². The normalized spacial score (nSPS) is 13.2. The number of imidazole rings is 1. The summed E-state index contributed by atoms with van der Waals surface area (Å²) >= 11 is 3.57. The van der Waals surface area contributed by atoms with Crippen LogP contribution in [0.2, 0.25) is 0 Å². The van der Waals surface area contributed by atoms with E-state index in [0.29, 0.717) is 36.1 Å². The highest BCUT2D eigenvalue weighted by Crippen LogP contribution is 2.40. The van der Waals surface area contributed by atoms with E-state index in [2.05, 4.69) is 31.2 Å². The molecule has 1 unspecified atom stereocenters. The van der Waals surface area contributed by atoms with Crippen LogP contribution >= 0.6 is 15.9 Å². The predicted molar refractivity (Wildman–Crippen MR) is 215 cm³/mol. The number of halogens is 3. The highest BCUT2D eigenvalue weighted by atomic mass is 79.9. The van der Waals surface area contributed by atoms with Gasteiger partial charge >= 0.3 is 5.97 Å². The summed E-state index contributed by atoms with van der Waals surface area (Å²) in [6.07, 6.45) is 4.23. The van der Waals surface area contributed by atoms with E-state index in [0.717, 1.165) is 25.6 Å². The summed E-state index contributed by atoms with van der Waals surface area (Å²) in [5.74, 6) is -2.08. The molecular formula is C42H43BrF2N4O6S. The monoisotopic (exact) mass is 848 g/mol. The number of aromatic nitrogens is 3. The number of benzene rings is 4. The molecule has 10 nitrogen and oxygen atoms in total. The molecule has 14 heteroatoms. The molecule has 0 saturated carbocycles. The first kappa shape index (κ1) is 40.8. The maximum Gasteiger partial charge on any atom is 0.311 e. The third-order valence-electron chi connectivity index (χ3n) is 9.95. The molecule has 0 aliphatic heterocycles. The zero-order valence-electron chi connectivity index (χ0n) is 31.6. The van der Waals surface area contributed by atoms with E-state index in [9.17, 15) is 18.3 Å². The minimum atomic E-state index is -4.04. The van der Waals surface area contributed by atoms with Gasteiger partial charge in [0.1, 0.15) is 17.4 Å². The quantitative estimate of drug-likeness (QED) is 0.0821. The van der Waals surface area contributed by atoms with Gasteiger partial charge in [0.25, 0.3) is 10.0 Å². The number of H-pyrrole nitrogens is 1. The lowest BCUT2D eigenvalue weighted by molar-refractivity contribution is -0.150. The van der Waals surface area contributed by atoms with Crippen LogP contribution in [0, 0.1) is 24.0 Å². The minimum absolute atomic E-state index is 0.0682. The number of aryl methyl sites for hydroxylation is 1. The van der Waals surface area contributed by atoms with Crippen LogP contribution in [-0.2, 0) is 31.5 Å². The zero-order chi connectivity index (χ0) is 40.4. The molecule has 2 aromatic heterocycles. The summed E-state index contributed by atoms with van der Waals surface area (Å²) in [7, 11) is -2.36. The zero-order valence-corrected chi connectivity index (χ0v) is 34.0. The molecular weight excluding hydrogens is 806 g/mol. The van der Waals surface area contributed by atoms with Crippen LogP contribution in [0.25, 0.3) is 22.3 Å². The number of nitrogens with one attached hydrogen (secondary N) is 2. The Kier molecular flexibility index (Phi) is 11.9. The lowest BCUT2D eigenvalue weighted by Gasteiger charge is -2.30. The summed E-state index contributed by atoms with van der Waals surface area (Å²) in [5, 5.41) is 12.9. The largest absolute Gasteiger partial charge is 0.481 e. The van der Waals surface area contributed by atoms with E-state index in [1.54, 1.807) is 45.3 Å².